The molecule has 4 heterocycles. The first-order valence-corrected chi connectivity index (χ1v) is 11.8. The fraction of sp³-hybridized carbons (Fsp3) is 0.500. The Morgan fingerprint density at radius 1 is 1.12 bits per heavy atom. The number of thioether (sulfide) groups is 1. The lowest BCUT2D eigenvalue weighted by atomic mass is 9.96. The highest BCUT2D eigenvalue weighted by Crippen LogP contribution is 2.58. The summed E-state index contributed by atoms with van der Waals surface area (Å²) in [6.07, 6.45) is 2.47. The summed E-state index contributed by atoms with van der Waals surface area (Å²) in [6, 6.07) is 2.72. The Balaban J connectivity index is 0.00000274. The van der Waals surface area contributed by atoms with Gasteiger partial charge in [-0.1, -0.05) is 17.8 Å². The van der Waals surface area contributed by atoms with Crippen molar-refractivity contribution in [3.8, 4) is 11.5 Å². The summed E-state index contributed by atoms with van der Waals surface area (Å²) < 4.78 is 40.3. The molecule has 0 N–H and O–H groups in total. The smallest absolute Gasteiger partial charge is 0.304 e. The standard InChI is InChI=1S/C22H24F3N7S.ClH/c1-14-9-27-17(11-26-14)19-29-30-20(31(19)2)33-7-3-6-32-12-16-8-21(16,13-32)15-4-5-18(28-10-15)22(23,24)25;/h4-5,9-11,16H,3,6-8,12-13H2,1-2H3;1H/t16-,21+;/m1./s1. The number of likely N-dealkylation sites (tertiary alicyclic amines) is 1. The van der Waals surface area contributed by atoms with Crippen molar-refractivity contribution in [2.75, 3.05) is 25.4 Å². The van der Waals surface area contributed by atoms with Crippen LogP contribution in [-0.2, 0) is 18.6 Å². The number of piperidine rings is 1. The van der Waals surface area contributed by atoms with Crippen molar-refractivity contribution >= 4 is 24.2 Å². The average Bonchev–Trinajstić information content (AvgIpc) is 3.16. The Labute approximate surface area is 206 Å². The van der Waals surface area contributed by atoms with Crippen molar-refractivity contribution in [2.45, 2.75) is 36.5 Å². The fourth-order valence-electron chi connectivity index (χ4n) is 4.68. The number of rotatable bonds is 7. The second kappa shape index (κ2) is 9.43. The van der Waals surface area contributed by atoms with Gasteiger partial charge in [-0.25, -0.2) is 4.98 Å². The highest BCUT2D eigenvalue weighted by atomic mass is 35.5. The van der Waals surface area contributed by atoms with Gasteiger partial charge in [-0.05, 0) is 43.9 Å². The molecule has 34 heavy (non-hydrogen) atoms. The van der Waals surface area contributed by atoms with Gasteiger partial charge in [0.05, 0.1) is 11.9 Å². The van der Waals surface area contributed by atoms with Crippen LogP contribution in [0.5, 0.6) is 0 Å². The number of aryl methyl sites for hydroxylation is 1. The summed E-state index contributed by atoms with van der Waals surface area (Å²) in [5.74, 6) is 2.11. The van der Waals surface area contributed by atoms with E-state index < -0.39 is 11.9 Å². The van der Waals surface area contributed by atoms with Crippen LogP contribution in [0.2, 0.25) is 0 Å². The topological polar surface area (TPSA) is 72.6 Å². The molecule has 0 aromatic carbocycles. The Morgan fingerprint density at radius 2 is 1.94 bits per heavy atom. The summed E-state index contributed by atoms with van der Waals surface area (Å²) in [6.45, 7) is 4.72. The molecule has 2 atom stereocenters. The molecule has 1 aliphatic carbocycles. The maximum Gasteiger partial charge on any atom is 0.433 e. The van der Waals surface area contributed by atoms with Crippen LogP contribution in [0.1, 0.15) is 29.8 Å². The normalized spacial score (nSPS) is 21.9. The number of hydrogen-bond donors (Lipinski definition) is 0. The number of fused-ring (bicyclic) bond motifs is 1. The Kier molecular flexibility index (Phi) is 6.90. The van der Waals surface area contributed by atoms with Crippen molar-refractivity contribution < 1.29 is 13.2 Å². The van der Waals surface area contributed by atoms with Crippen LogP contribution >= 0.6 is 24.2 Å². The van der Waals surface area contributed by atoms with Crippen LogP contribution in [0, 0.1) is 12.8 Å². The zero-order valence-corrected chi connectivity index (χ0v) is 20.4. The molecule has 1 aliphatic heterocycles. The molecule has 1 saturated carbocycles. The summed E-state index contributed by atoms with van der Waals surface area (Å²) in [4.78, 5) is 14.7. The monoisotopic (exact) mass is 511 g/mol. The molecule has 2 aliphatic rings. The molecule has 182 valence electrons. The molecule has 0 unspecified atom stereocenters. The minimum absolute atomic E-state index is 0. The van der Waals surface area contributed by atoms with Gasteiger partial charge < -0.3 is 9.47 Å². The number of hydrogen-bond acceptors (Lipinski definition) is 7. The Morgan fingerprint density at radius 3 is 2.62 bits per heavy atom. The van der Waals surface area contributed by atoms with E-state index in [1.165, 1.54) is 6.20 Å². The fourth-order valence-corrected chi connectivity index (χ4v) is 5.52. The van der Waals surface area contributed by atoms with Crippen molar-refractivity contribution in [2.24, 2.45) is 13.0 Å². The molecule has 5 rings (SSSR count). The molecule has 7 nitrogen and oxygen atoms in total. The predicted molar refractivity (Wildman–Crippen MR) is 125 cm³/mol. The van der Waals surface area contributed by atoms with Crippen LogP contribution in [0.15, 0.2) is 35.9 Å². The summed E-state index contributed by atoms with van der Waals surface area (Å²) in [7, 11) is 1.93. The summed E-state index contributed by atoms with van der Waals surface area (Å²) >= 11 is 1.66. The SMILES string of the molecule is Cc1cnc(-c2nnc(SCCCN3C[C@H]4C[C@@]4(c4ccc(C(F)(F)F)nc4)C3)n2C)cn1.Cl. The highest BCUT2D eigenvalue weighted by molar-refractivity contribution is 7.99. The predicted octanol–water partition coefficient (Wildman–Crippen LogP) is 4.17. The van der Waals surface area contributed by atoms with Crippen LogP contribution in [-0.4, -0.2) is 60.0 Å². The molecule has 3 aromatic rings. The van der Waals surface area contributed by atoms with Gasteiger partial charge in [0.25, 0.3) is 0 Å². The Hall–Kier alpha value is -2.24. The van der Waals surface area contributed by atoms with Gasteiger partial charge in [-0.15, -0.1) is 22.6 Å². The first kappa shape index (κ1) is 24.9. The van der Waals surface area contributed by atoms with Crippen LogP contribution in [0.3, 0.4) is 0 Å². The van der Waals surface area contributed by atoms with Crippen molar-refractivity contribution in [1.29, 1.82) is 0 Å². The molecule has 3 aromatic heterocycles. The molecule has 12 heteroatoms. The van der Waals surface area contributed by atoms with Gasteiger partial charge in [-0.2, -0.15) is 13.2 Å². The van der Waals surface area contributed by atoms with E-state index in [1.807, 2.05) is 18.5 Å². The van der Waals surface area contributed by atoms with Crippen molar-refractivity contribution in [3.05, 3.63) is 47.7 Å². The maximum atomic E-state index is 12.8. The lowest BCUT2D eigenvalue weighted by Crippen LogP contribution is -2.28. The molecule has 2 fully saturated rings. The third-order valence-electron chi connectivity index (χ3n) is 6.54. The van der Waals surface area contributed by atoms with Gasteiger partial charge in [0, 0.05) is 43.7 Å². The minimum atomic E-state index is -4.39. The summed E-state index contributed by atoms with van der Waals surface area (Å²) in [5, 5.41) is 9.38. The molecule has 0 radical (unpaired) electrons. The summed E-state index contributed by atoms with van der Waals surface area (Å²) in [5.41, 5.74) is 1.64. The second-order valence-corrected chi connectivity index (χ2v) is 9.89. The first-order chi connectivity index (χ1) is 15.8. The molecule has 0 bridgehead atoms. The lowest BCUT2D eigenvalue weighted by molar-refractivity contribution is -0.141. The quantitative estimate of drug-likeness (QED) is 0.348. The molecule has 0 spiro atoms. The maximum absolute atomic E-state index is 12.8. The van der Waals surface area contributed by atoms with Crippen molar-refractivity contribution in [3.63, 3.8) is 0 Å². The van der Waals surface area contributed by atoms with Gasteiger partial charge in [0.15, 0.2) is 11.0 Å². The molecular weight excluding hydrogens is 487 g/mol. The number of halogens is 4. The van der Waals surface area contributed by atoms with Gasteiger partial charge >= 0.3 is 6.18 Å². The van der Waals surface area contributed by atoms with Crippen LogP contribution in [0.25, 0.3) is 11.5 Å². The van der Waals surface area contributed by atoms with Gasteiger partial charge in [0.1, 0.15) is 11.4 Å². The lowest BCUT2D eigenvalue weighted by Gasteiger charge is -2.21. The van der Waals surface area contributed by atoms with E-state index in [9.17, 15) is 13.2 Å². The van der Waals surface area contributed by atoms with E-state index in [2.05, 4.69) is 30.0 Å². The third kappa shape index (κ3) is 4.78. The van der Waals surface area contributed by atoms with E-state index >= 15 is 0 Å². The molecular formula is C22H25ClF3N7S. The largest absolute Gasteiger partial charge is 0.433 e. The van der Waals surface area contributed by atoms with E-state index in [0.717, 1.165) is 60.7 Å². The van der Waals surface area contributed by atoms with Crippen LogP contribution < -0.4 is 0 Å². The van der Waals surface area contributed by atoms with E-state index in [0.29, 0.717) is 17.4 Å². The second-order valence-electron chi connectivity index (χ2n) is 8.83. The number of pyridine rings is 1. The van der Waals surface area contributed by atoms with E-state index in [4.69, 9.17) is 0 Å². The number of alkyl halides is 3. The Bertz CT molecular complexity index is 1140. The first-order valence-electron chi connectivity index (χ1n) is 10.8. The third-order valence-corrected chi connectivity index (χ3v) is 7.65. The number of aromatic nitrogens is 6. The molecule has 1 saturated heterocycles. The van der Waals surface area contributed by atoms with Crippen molar-refractivity contribution in [1.82, 2.24) is 34.6 Å². The van der Waals surface area contributed by atoms with Gasteiger partial charge in [-0.3, -0.25) is 9.97 Å². The zero-order valence-electron chi connectivity index (χ0n) is 18.8. The van der Waals surface area contributed by atoms with Crippen LogP contribution in [0.4, 0.5) is 13.2 Å². The molecule has 0 amide bonds. The zero-order chi connectivity index (χ0) is 23.2. The average molecular weight is 512 g/mol. The highest BCUT2D eigenvalue weighted by Gasteiger charge is 2.60. The van der Waals surface area contributed by atoms with E-state index in [1.54, 1.807) is 30.2 Å². The minimum Gasteiger partial charge on any atom is -0.304 e. The van der Waals surface area contributed by atoms with Gasteiger partial charge in [0.2, 0.25) is 0 Å². The number of nitrogens with zero attached hydrogens (tertiary/aromatic N) is 7. The van der Waals surface area contributed by atoms with E-state index in [-0.39, 0.29) is 17.8 Å².